The zero-order chi connectivity index (χ0) is 11.4. The van der Waals surface area contributed by atoms with Crippen LogP contribution in [0.1, 0.15) is 17.4 Å². The average molecular weight is 297 g/mol. The minimum atomic E-state index is 0.646. The molecular weight excluding hydrogens is 284 g/mol. The Bertz CT molecular complexity index is 464. The van der Waals surface area contributed by atoms with Gasteiger partial charge in [0.2, 0.25) is 0 Å². The van der Waals surface area contributed by atoms with E-state index in [1.54, 1.807) is 11.3 Å². The van der Waals surface area contributed by atoms with E-state index >= 15 is 0 Å². The van der Waals surface area contributed by atoms with Gasteiger partial charge in [-0.1, -0.05) is 25.1 Å². The van der Waals surface area contributed by atoms with Crippen molar-refractivity contribution < 1.29 is 4.74 Å². The van der Waals surface area contributed by atoms with Gasteiger partial charge in [0.05, 0.1) is 3.79 Å². The third-order valence-corrected chi connectivity index (χ3v) is 3.95. The maximum absolute atomic E-state index is 5.82. The molecule has 0 aliphatic carbocycles. The minimum absolute atomic E-state index is 0.646. The Morgan fingerprint density at radius 1 is 1.19 bits per heavy atom. The number of ether oxygens (including phenoxy) is 1. The van der Waals surface area contributed by atoms with Crippen LogP contribution in [0.3, 0.4) is 0 Å². The molecule has 1 aromatic heterocycles. The molecule has 0 atom stereocenters. The summed E-state index contributed by atoms with van der Waals surface area (Å²) < 4.78 is 6.97. The van der Waals surface area contributed by atoms with Gasteiger partial charge in [-0.3, -0.25) is 0 Å². The fourth-order valence-corrected chi connectivity index (χ4v) is 2.91. The standard InChI is InChI=1S/C13H13BrOS/c1-2-10-5-3-4-6-12(10)15-9-11-7-8-13(14)16-11/h3-8H,2,9H2,1H3. The van der Waals surface area contributed by atoms with Crippen molar-refractivity contribution in [2.45, 2.75) is 20.0 Å². The van der Waals surface area contributed by atoms with E-state index in [1.165, 1.54) is 10.4 Å². The number of benzene rings is 1. The third kappa shape index (κ3) is 2.86. The van der Waals surface area contributed by atoms with Crippen molar-refractivity contribution in [1.82, 2.24) is 0 Å². The number of aryl methyl sites for hydroxylation is 1. The van der Waals surface area contributed by atoms with Crippen LogP contribution in [-0.2, 0) is 13.0 Å². The topological polar surface area (TPSA) is 9.23 Å². The molecule has 0 radical (unpaired) electrons. The highest BCUT2D eigenvalue weighted by Gasteiger charge is 2.02. The van der Waals surface area contributed by atoms with Crippen molar-refractivity contribution in [3.8, 4) is 5.75 Å². The lowest BCUT2D eigenvalue weighted by Crippen LogP contribution is -1.95. The second-order valence-corrected chi connectivity index (χ2v) is 6.00. The van der Waals surface area contributed by atoms with E-state index in [0.717, 1.165) is 16.0 Å². The van der Waals surface area contributed by atoms with Crippen molar-refractivity contribution in [1.29, 1.82) is 0 Å². The van der Waals surface area contributed by atoms with E-state index in [0.29, 0.717) is 6.61 Å². The summed E-state index contributed by atoms with van der Waals surface area (Å²) in [6, 6.07) is 12.3. The predicted molar refractivity (Wildman–Crippen MR) is 72.2 cm³/mol. The largest absolute Gasteiger partial charge is 0.488 e. The second kappa shape index (κ2) is 5.51. The lowest BCUT2D eigenvalue weighted by atomic mass is 10.1. The van der Waals surface area contributed by atoms with Gasteiger partial charge in [0.15, 0.2) is 0 Å². The van der Waals surface area contributed by atoms with Gasteiger partial charge in [-0.15, -0.1) is 11.3 Å². The van der Waals surface area contributed by atoms with Gasteiger partial charge in [0, 0.05) is 4.88 Å². The smallest absolute Gasteiger partial charge is 0.123 e. The fourth-order valence-electron chi connectivity index (χ4n) is 1.51. The first kappa shape index (κ1) is 11.7. The van der Waals surface area contributed by atoms with E-state index in [4.69, 9.17) is 4.74 Å². The highest BCUT2D eigenvalue weighted by atomic mass is 79.9. The number of halogens is 1. The highest BCUT2D eigenvalue weighted by molar-refractivity contribution is 9.11. The summed E-state index contributed by atoms with van der Waals surface area (Å²) in [7, 11) is 0. The molecule has 0 spiro atoms. The van der Waals surface area contributed by atoms with Gasteiger partial charge < -0.3 is 4.74 Å². The molecule has 1 nitrogen and oxygen atoms in total. The molecule has 0 amide bonds. The summed E-state index contributed by atoms with van der Waals surface area (Å²) in [6.07, 6.45) is 1.00. The zero-order valence-electron chi connectivity index (χ0n) is 9.07. The van der Waals surface area contributed by atoms with Crippen LogP contribution in [0.25, 0.3) is 0 Å². The first-order valence-electron chi connectivity index (χ1n) is 5.24. The number of hydrogen-bond acceptors (Lipinski definition) is 2. The van der Waals surface area contributed by atoms with Crippen LogP contribution < -0.4 is 4.74 Å². The Kier molecular flexibility index (Phi) is 4.02. The molecule has 1 aromatic carbocycles. The van der Waals surface area contributed by atoms with Gasteiger partial charge >= 0.3 is 0 Å². The number of rotatable bonds is 4. The van der Waals surface area contributed by atoms with Gasteiger partial charge in [-0.05, 0) is 46.1 Å². The van der Waals surface area contributed by atoms with Crippen LogP contribution in [0.5, 0.6) is 5.75 Å². The van der Waals surface area contributed by atoms with E-state index in [9.17, 15) is 0 Å². The molecule has 3 heteroatoms. The van der Waals surface area contributed by atoms with Gasteiger partial charge in [0.1, 0.15) is 12.4 Å². The van der Waals surface area contributed by atoms with Crippen molar-refractivity contribution in [2.24, 2.45) is 0 Å². The van der Waals surface area contributed by atoms with Crippen molar-refractivity contribution in [2.75, 3.05) is 0 Å². The Hall–Kier alpha value is -0.800. The molecule has 1 heterocycles. The van der Waals surface area contributed by atoms with E-state index in [1.807, 2.05) is 18.2 Å². The Morgan fingerprint density at radius 2 is 2.00 bits per heavy atom. The van der Waals surface area contributed by atoms with E-state index < -0.39 is 0 Å². The van der Waals surface area contributed by atoms with Crippen LogP contribution in [0.2, 0.25) is 0 Å². The quantitative estimate of drug-likeness (QED) is 0.798. The number of hydrogen-bond donors (Lipinski definition) is 0. The first-order valence-corrected chi connectivity index (χ1v) is 6.85. The molecular formula is C13H13BrOS. The van der Waals surface area contributed by atoms with Crippen LogP contribution in [-0.4, -0.2) is 0 Å². The van der Waals surface area contributed by atoms with Crippen LogP contribution in [0.15, 0.2) is 40.2 Å². The normalized spacial score (nSPS) is 10.4. The molecule has 0 bridgehead atoms. The Morgan fingerprint density at radius 3 is 2.69 bits per heavy atom. The average Bonchev–Trinajstić information content (AvgIpc) is 2.73. The molecule has 0 aliphatic heterocycles. The summed E-state index contributed by atoms with van der Waals surface area (Å²) in [4.78, 5) is 1.23. The van der Waals surface area contributed by atoms with Crippen LogP contribution >= 0.6 is 27.3 Å². The maximum Gasteiger partial charge on any atom is 0.123 e. The molecule has 2 rings (SSSR count). The fraction of sp³-hybridized carbons (Fsp3) is 0.231. The maximum atomic E-state index is 5.82. The molecule has 0 saturated carbocycles. The molecule has 0 N–H and O–H groups in total. The van der Waals surface area contributed by atoms with Gasteiger partial charge in [-0.2, -0.15) is 0 Å². The molecule has 0 aliphatic rings. The summed E-state index contributed by atoms with van der Waals surface area (Å²) in [5.41, 5.74) is 1.26. The third-order valence-electron chi connectivity index (χ3n) is 2.35. The molecule has 84 valence electrons. The molecule has 0 unspecified atom stereocenters. The van der Waals surface area contributed by atoms with Gasteiger partial charge in [-0.25, -0.2) is 0 Å². The zero-order valence-corrected chi connectivity index (χ0v) is 11.5. The minimum Gasteiger partial charge on any atom is -0.488 e. The van der Waals surface area contributed by atoms with Gasteiger partial charge in [0.25, 0.3) is 0 Å². The predicted octanol–water partition coefficient (Wildman–Crippen LogP) is 4.65. The first-order chi connectivity index (χ1) is 7.79. The number of para-hydroxylation sites is 1. The summed E-state index contributed by atoms with van der Waals surface area (Å²) in [5.74, 6) is 0.995. The molecule has 0 fully saturated rings. The summed E-state index contributed by atoms with van der Waals surface area (Å²) in [6.45, 7) is 2.79. The highest BCUT2D eigenvalue weighted by Crippen LogP contribution is 2.25. The SMILES string of the molecule is CCc1ccccc1OCc1ccc(Br)s1. The number of thiophene rings is 1. The van der Waals surface area contributed by atoms with Crippen molar-refractivity contribution in [3.63, 3.8) is 0 Å². The monoisotopic (exact) mass is 296 g/mol. The van der Waals surface area contributed by atoms with Crippen LogP contribution in [0, 0.1) is 0 Å². The van der Waals surface area contributed by atoms with Crippen molar-refractivity contribution in [3.05, 3.63) is 50.6 Å². The van der Waals surface area contributed by atoms with Crippen LogP contribution in [0.4, 0.5) is 0 Å². The molecule has 2 aromatic rings. The lowest BCUT2D eigenvalue weighted by Gasteiger charge is -2.08. The molecule has 0 saturated heterocycles. The summed E-state index contributed by atoms with van der Waals surface area (Å²) >= 11 is 5.16. The molecule has 16 heavy (non-hydrogen) atoms. The van der Waals surface area contributed by atoms with E-state index in [2.05, 4.69) is 41.1 Å². The van der Waals surface area contributed by atoms with E-state index in [-0.39, 0.29) is 0 Å². The summed E-state index contributed by atoms with van der Waals surface area (Å²) in [5, 5.41) is 0. The lowest BCUT2D eigenvalue weighted by molar-refractivity contribution is 0.306. The van der Waals surface area contributed by atoms with Crippen molar-refractivity contribution >= 4 is 27.3 Å². The Labute approximate surface area is 108 Å². The second-order valence-electron chi connectivity index (χ2n) is 3.46. The Balaban J connectivity index is 2.04.